The summed E-state index contributed by atoms with van der Waals surface area (Å²) in [5, 5.41) is 12.3. The Bertz CT molecular complexity index is 1050. The Morgan fingerprint density at radius 1 is 1.06 bits per heavy atom. The highest BCUT2D eigenvalue weighted by molar-refractivity contribution is 7.99. The first-order chi connectivity index (χ1) is 16.0. The van der Waals surface area contributed by atoms with Crippen LogP contribution in [0.5, 0.6) is 0 Å². The van der Waals surface area contributed by atoms with Gasteiger partial charge >= 0.3 is 12.1 Å². The maximum absolute atomic E-state index is 12.9. The van der Waals surface area contributed by atoms with E-state index in [0.717, 1.165) is 16.9 Å². The van der Waals surface area contributed by atoms with Gasteiger partial charge in [-0.2, -0.15) is 11.8 Å². The Morgan fingerprint density at radius 2 is 1.70 bits per heavy atom. The molecule has 2 aromatic carbocycles. The van der Waals surface area contributed by atoms with Crippen molar-refractivity contribution in [3.8, 4) is 11.1 Å². The minimum absolute atomic E-state index is 0.0258. The second-order valence-electron chi connectivity index (χ2n) is 8.92. The average molecular weight is 467 g/mol. The summed E-state index contributed by atoms with van der Waals surface area (Å²) in [6, 6.07) is 15.5. The first-order valence-corrected chi connectivity index (χ1v) is 12.4. The van der Waals surface area contributed by atoms with Crippen LogP contribution in [0, 0.1) is 0 Å². The summed E-state index contributed by atoms with van der Waals surface area (Å²) in [6.07, 6.45) is 0.934. The standard InChI is InChI=1S/C25H26N2O5S/c28-22(27-11-12-33-15-21(27)23(29)30)13-25(9-10-25)26-24(31)32-14-20-18-7-3-1-5-16(18)17-6-2-4-8-19(17)20/h1-8,20-21H,9-15H2,(H,26,31)(H,29,30). The molecule has 1 aliphatic heterocycles. The van der Waals surface area contributed by atoms with E-state index >= 15 is 0 Å². The normalized spacial score (nSPS) is 20.5. The lowest BCUT2D eigenvalue weighted by Crippen LogP contribution is -2.52. The molecule has 3 aliphatic rings. The SMILES string of the molecule is O=C(NC1(CC(=O)N2CCSCC2C(=O)O)CC1)OCC1c2ccccc2-c2ccccc21. The van der Waals surface area contributed by atoms with Gasteiger partial charge in [-0.15, -0.1) is 0 Å². The lowest BCUT2D eigenvalue weighted by molar-refractivity contribution is -0.149. The van der Waals surface area contributed by atoms with Crippen molar-refractivity contribution in [2.75, 3.05) is 24.7 Å². The van der Waals surface area contributed by atoms with E-state index in [4.69, 9.17) is 4.74 Å². The number of amides is 2. The Balaban J connectivity index is 1.20. The van der Waals surface area contributed by atoms with Crippen LogP contribution in [0.15, 0.2) is 48.5 Å². The number of carboxylic acids is 1. The van der Waals surface area contributed by atoms with E-state index in [1.807, 2.05) is 24.3 Å². The summed E-state index contributed by atoms with van der Waals surface area (Å²) in [5.41, 5.74) is 3.99. The predicted molar refractivity (Wildman–Crippen MR) is 125 cm³/mol. The molecule has 5 rings (SSSR count). The van der Waals surface area contributed by atoms with Crippen molar-refractivity contribution < 1.29 is 24.2 Å². The molecular weight excluding hydrogens is 440 g/mol. The molecule has 7 nitrogen and oxygen atoms in total. The zero-order valence-electron chi connectivity index (χ0n) is 18.2. The molecule has 2 aliphatic carbocycles. The lowest BCUT2D eigenvalue weighted by atomic mass is 9.98. The van der Waals surface area contributed by atoms with Crippen molar-refractivity contribution in [2.24, 2.45) is 0 Å². The van der Waals surface area contributed by atoms with Gasteiger partial charge in [-0.1, -0.05) is 48.5 Å². The van der Waals surface area contributed by atoms with Gasteiger partial charge in [-0.05, 0) is 35.1 Å². The number of carbonyl (C=O) groups excluding carboxylic acids is 2. The minimum Gasteiger partial charge on any atom is -0.480 e. The molecule has 0 aromatic heterocycles. The second kappa shape index (κ2) is 8.74. The van der Waals surface area contributed by atoms with E-state index in [0.29, 0.717) is 25.1 Å². The molecule has 1 saturated carbocycles. The van der Waals surface area contributed by atoms with E-state index in [-0.39, 0.29) is 24.9 Å². The lowest BCUT2D eigenvalue weighted by Gasteiger charge is -2.33. The molecule has 0 spiro atoms. The predicted octanol–water partition coefficient (Wildman–Crippen LogP) is 3.48. The quantitative estimate of drug-likeness (QED) is 0.677. The number of nitrogens with one attached hydrogen (secondary N) is 1. The van der Waals surface area contributed by atoms with Crippen LogP contribution in [0.2, 0.25) is 0 Å². The third-order valence-electron chi connectivity index (χ3n) is 6.79. The maximum Gasteiger partial charge on any atom is 0.407 e. The molecule has 1 atom stereocenters. The summed E-state index contributed by atoms with van der Waals surface area (Å²) in [7, 11) is 0. The number of thioether (sulfide) groups is 1. The Hall–Kier alpha value is -3.00. The van der Waals surface area contributed by atoms with Gasteiger partial charge in [0.15, 0.2) is 0 Å². The first-order valence-electron chi connectivity index (χ1n) is 11.2. The molecule has 1 unspecified atom stereocenters. The summed E-state index contributed by atoms with van der Waals surface area (Å²) in [6.45, 7) is 0.635. The molecule has 0 bridgehead atoms. The van der Waals surface area contributed by atoms with Crippen LogP contribution in [0.4, 0.5) is 4.79 Å². The number of carboxylic acid groups (broad SMARTS) is 1. The largest absolute Gasteiger partial charge is 0.480 e. The molecule has 172 valence electrons. The van der Waals surface area contributed by atoms with Crippen LogP contribution in [0.25, 0.3) is 11.1 Å². The molecule has 1 heterocycles. The van der Waals surface area contributed by atoms with Crippen LogP contribution in [0.1, 0.15) is 36.3 Å². The van der Waals surface area contributed by atoms with Gasteiger partial charge in [-0.25, -0.2) is 9.59 Å². The first kappa shape index (κ1) is 21.8. The van der Waals surface area contributed by atoms with Gasteiger partial charge in [0.2, 0.25) is 5.91 Å². The summed E-state index contributed by atoms with van der Waals surface area (Å²) in [5.74, 6) is -0.109. The smallest absolute Gasteiger partial charge is 0.407 e. The fraction of sp³-hybridized carbons (Fsp3) is 0.400. The zero-order chi connectivity index (χ0) is 23.0. The number of alkyl carbamates (subject to hydrolysis) is 1. The van der Waals surface area contributed by atoms with E-state index < -0.39 is 23.6 Å². The molecule has 2 aromatic rings. The van der Waals surface area contributed by atoms with Crippen LogP contribution in [-0.4, -0.2) is 64.2 Å². The van der Waals surface area contributed by atoms with Gasteiger partial charge in [-0.3, -0.25) is 4.79 Å². The van der Waals surface area contributed by atoms with Crippen molar-refractivity contribution in [1.82, 2.24) is 10.2 Å². The average Bonchev–Trinajstić information content (AvgIpc) is 3.49. The van der Waals surface area contributed by atoms with Crippen LogP contribution < -0.4 is 5.32 Å². The second-order valence-corrected chi connectivity index (χ2v) is 10.1. The highest BCUT2D eigenvalue weighted by Gasteiger charge is 2.48. The Labute approximate surface area is 196 Å². The number of hydrogen-bond donors (Lipinski definition) is 2. The maximum atomic E-state index is 12.9. The van der Waals surface area contributed by atoms with Gasteiger partial charge in [0, 0.05) is 24.0 Å². The number of rotatable bonds is 6. The summed E-state index contributed by atoms with van der Waals surface area (Å²) < 4.78 is 5.63. The van der Waals surface area contributed by atoms with Crippen molar-refractivity contribution in [1.29, 1.82) is 0 Å². The molecule has 0 radical (unpaired) electrons. The van der Waals surface area contributed by atoms with Crippen molar-refractivity contribution in [2.45, 2.75) is 36.8 Å². The van der Waals surface area contributed by atoms with Crippen LogP contribution in [-0.2, 0) is 14.3 Å². The number of hydrogen-bond acceptors (Lipinski definition) is 5. The van der Waals surface area contributed by atoms with Gasteiger partial charge in [0.1, 0.15) is 12.6 Å². The van der Waals surface area contributed by atoms with Crippen molar-refractivity contribution in [3.05, 3.63) is 59.7 Å². The fourth-order valence-electron chi connectivity index (χ4n) is 4.85. The Morgan fingerprint density at radius 3 is 2.30 bits per heavy atom. The molecule has 2 N–H and O–H groups in total. The van der Waals surface area contributed by atoms with Crippen LogP contribution >= 0.6 is 11.8 Å². The number of benzene rings is 2. The zero-order valence-corrected chi connectivity index (χ0v) is 19.0. The van der Waals surface area contributed by atoms with E-state index in [1.165, 1.54) is 16.0 Å². The van der Waals surface area contributed by atoms with Gasteiger partial charge < -0.3 is 20.1 Å². The molecule has 2 amide bonds. The highest BCUT2D eigenvalue weighted by Crippen LogP contribution is 2.45. The highest BCUT2D eigenvalue weighted by atomic mass is 32.2. The number of nitrogens with zero attached hydrogens (tertiary/aromatic N) is 1. The van der Waals surface area contributed by atoms with E-state index in [9.17, 15) is 19.5 Å². The van der Waals surface area contributed by atoms with Crippen molar-refractivity contribution >= 4 is 29.7 Å². The third kappa shape index (κ3) is 4.31. The van der Waals surface area contributed by atoms with E-state index in [2.05, 4.69) is 29.6 Å². The summed E-state index contributed by atoms with van der Waals surface area (Å²) >= 11 is 1.54. The fourth-order valence-corrected chi connectivity index (χ4v) is 5.88. The van der Waals surface area contributed by atoms with Crippen LogP contribution in [0.3, 0.4) is 0 Å². The van der Waals surface area contributed by atoms with E-state index in [1.54, 1.807) is 11.8 Å². The number of ether oxygens (including phenoxy) is 1. The monoisotopic (exact) mass is 466 g/mol. The third-order valence-corrected chi connectivity index (χ3v) is 7.81. The molecule has 2 fully saturated rings. The Kier molecular flexibility index (Phi) is 5.78. The molecule has 33 heavy (non-hydrogen) atoms. The molecule has 1 saturated heterocycles. The minimum atomic E-state index is -0.982. The topological polar surface area (TPSA) is 95.9 Å². The molecular formula is C25H26N2O5S. The van der Waals surface area contributed by atoms with Gasteiger partial charge in [0.25, 0.3) is 0 Å². The van der Waals surface area contributed by atoms with Crippen molar-refractivity contribution in [3.63, 3.8) is 0 Å². The number of aliphatic carboxylic acids is 1. The summed E-state index contributed by atoms with van der Waals surface area (Å²) in [4.78, 5) is 38.5. The number of carbonyl (C=O) groups is 3. The number of fused-ring (bicyclic) bond motifs is 3. The molecule has 8 heteroatoms. The van der Waals surface area contributed by atoms with Gasteiger partial charge in [0.05, 0.1) is 12.0 Å².